The average molecular weight is 624 g/mol. The molecule has 0 radical (unpaired) electrons. The van der Waals surface area contributed by atoms with E-state index in [9.17, 15) is 4.39 Å². The molecule has 7 rings (SSSR count). The van der Waals surface area contributed by atoms with Crippen LogP contribution in [0.15, 0.2) is 78.4 Å². The fourth-order valence-electron chi connectivity index (χ4n) is 5.03. The largest absolute Gasteiger partial charge is 0.471 e. The number of aromatic nitrogens is 5. The van der Waals surface area contributed by atoms with Gasteiger partial charge in [0, 0.05) is 41.8 Å². The zero-order valence-corrected chi connectivity index (χ0v) is 24.5. The molecule has 2 aromatic carbocycles. The fraction of sp³-hybridized carbons (Fsp3) is 0.176. The summed E-state index contributed by atoms with van der Waals surface area (Å²) in [6.07, 6.45) is 4.21. The number of rotatable bonds is 8. The highest BCUT2D eigenvalue weighted by Gasteiger charge is 2.23. The Morgan fingerprint density at radius 2 is 1.80 bits per heavy atom. The minimum absolute atomic E-state index is 0.0221. The zero-order chi connectivity index (χ0) is 30.8. The molecule has 0 bridgehead atoms. The van der Waals surface area contributed by atoms with Crippen molar-refractivity contribution in [3.63, 3.8) is 0 Å². The summed E-state index contributed by atoms with van der Waals surface area (Å²) >= 11 is 1.28. The van der Waals surface area contributed by atoms with Crippen molar-refractivity contribution in [3.8, 4) is 29.0 Å². The number of fused-ring (bicyclic) bond motifs is 1. The summed E-state index contributed by atoms with van der Waals surface area (Å²) in [5.41, 5.74) is 3.24. The van der Waals surface area contributed by atoms with Crippen molar-refractivity contribution in [1.29, 1.82) is 0 Å². The molecule has 11 heteroatoms. The Hall–Kier alpha value is -5.05. The Morgan fingerprint density at radius 1 is 0.933 bits per heavy atom. The molecule has 0 amide bonds. The monoisotopic (exact) mass is 623 g/mol. The van der Waals surface area contributed by atoms with Crippen molar-refractivity contribution >= 4 is 22.6 Å². The van der Waals surface area contributed by atoms with E-state index in [4.69, 9.17) is 14.5 Å². The van der Waals surface area contributed by atoms with Gasteiger partial charge in [0.2, 0.25) is 5.88 Å². The summed E-state index contributed by atoms with van der Waals surface area (Å²) in [4.78, 5) is 13.2. The molecular weight excluding hydrogens is 599 g/mol. The van der Waals surface area contributed by atoms with E-state index in [1.165, 1.54) is 29.9 Å². The average Bonchev–Trinajstić information content (AvgIpc) is 3.67. The predicted molar refractivity (Wildman–Crippen MR) is 163 cm³/mol. The van der Waals surface area contributed by atoms with Crippen LogP contribution in [0.25, 0.3) is 22.3 Å². The van der Waals surface area contributed by atoms with Crippen LogP contribution in [0.2, 0.25) is 0 Å². The number of pyridine rings is 2. The molecule has 4 aromatic heterocycles. The number of imidazole rings is 1. The lowest BCUT2D eigenvalue weighted by atomic mass is 10.0. The van der Waals surface area contributed by atoms with Crippen molar-refractivity contribution < 1.29 is 22.6 Å². The molecule has 1 atom stereocenters. The third-order valence-corrected chi connectivity index (χ3v) is 8.04. The molecule has 6 aromatic rings. The van der Waals surface area contributed by atoms with Gasteiger partial charge in [0.25, 0.3) is 0 Å². The van der Waals surface area contributed by atoms with Crippen LogP contribution in [0.3, 0.4) is 0 Å². The topological polar surface area (TPSA) is 75.0 Å². The quantitative estimate of drug-likeness (QED) is 0.175. The lowest BCUT2D eigenvalue weighted by molar-refractivity contribution is -0.0589. The molecule has 1 saturated heterocycles. The lowest BCUT2D eigenvalue weighted by Crippen LogP contribution is -2.31. The molecule has 0 N–H and O–H groups in total. The Kier molecular flexibility index (Phi) is 7.98. The van der Waals surface area contributed by atoms with Crippen molar-refractivity contribution in [2.45, 2.75) is 32.1 Å². The van der Waals surface area contributed by atoms with Crippen LogP contribution in [0.1, 0.15) is 34.6 Å². The molecule has 45 heavy (non-hydrogen) atoms. The number of ether oxygens (including phenoxy) is 2. The van der Waals surface area contributed by atoms with Gasteiger partial charge in [0.05, 0.1) is 41.1 Å². The number of hydrogen-bond donors (Lipinski definition) is 0. The van der Waals surface area contributed by atoms with Gasteiger partial charge in [-0.3, -0.25) is 4.98 Å². The first-order chi connectivity index (χ1) is 22.0. The Balaban J connectivity index is 1.07. The standard InChI is InChI=1S/C34H24F3N5O2S/c35-26-15-25(27(36)13-23(26)14-33-40-30-4-1-2-6-32(30)42(33)18-24-10-11-43-24)29-5-3-7-34(41-29)44-19-31-28(37)12-21(16-38-31)8-9-22-17-39-45-20-22/h1-7,12-13,15-17,20,24H,10-11,14,18-19H2/t24-/m0/s1. The van der Waals surface area contributed by atoms with E-state index >= 15 is 8.78 Å². The second kappa shape index (κ2) is 12.5. The highest BCUT2D eigenvalue weighted by Crippen LogP contribution is 2.29. The van der Waals surface area contributed by atoms with E-state index in [1.807, 2.05) is 28.8 Å². The maximum absolute atomic E-state index is 15.5. The van der Waals surface area contributed by atoms with Gasteiger partial charge in [-0.1, -0.05) is 30.0 Å². The van der Waals surface area contributed by atoms with Crippen LogP contribution >= 0.6 is 11.5 Å². The summed E-state index contributed by atoms with van der Waals surface area (Å²) in [5, 5.41) is 1.79. The third kappa shape index (κ3) is 6.29. The van der Waals surface area contributed by atoms with E-state index in [1.54, 1.807) is 29.8 Å². The molecule has 0 aliphatic carbocycles. The van der Waals surface area contributed by atoms with Crippen LogP contribution in [-0.2, 0) is 24.3 Å². The molecule has 224 valence electrons. The second-order valence-electron chi connectivity index (χ2n) is 10.5. The van der Waals surface area contributed by atoms with E-state index in [-0.39, 0.29) is 47.5 Å². The van der Waals surface area contributed by atoms with Gasteiger partial charge in [-0.2, -0.15) is 4.37 Å². The highest BCUT2D eigenvalue weighted by atomic mass is 32.1. The molecule has 5 heterocycles. The summed E-state index contributed by atoms with van der Waals surface area (Å²) in [6.45, 7) is 1.10. The molecule has 0 unspecified atom stereocenters. The number of benzene rings is 2. The van der Waals surface area contributed by atoms with Crippen molar-refractivity contribution in [2.75, 3.05) is 6.61 Å². The van der Waals surface area contributed by atoms with Gasteiger partial charge in [-0.25, -0.2) is 23.1 Å². The van der Waals surface area contributed by atoms with E-state index in [0.29, 0.717) is 17.9 Å². The molecule has 0 saturated carbocycles. The van der Waals surface area contributed by atoms with Gasteiger partial charge in [0.1, 0.15) is 35.6 Å². The summed E-state index contributed by atoms with van der Waals surface area (Å²) in [6, 6.07) is 16.0. The van der Waals surface area contributed by atoms with Gasteiger partial charge in [-0.05, 0) is 59.9 Å². The number of hydrogen-bond acceptors (Lipinski definition) is 7. The van der Waals surface area contributed by atoms with Crippen molar-refractivity contribution in [1.82, 2.24) is 23.9 Å². The fourth-order valence-corrected chi connectivity index (χ4v) is 5.49. The van der Waals surface area contributed by atoms with Gasteiger partial charge in [-0.15, -0.1) is 0 Å². The zero-order valence-electron chi connectivity index (χ0n) is 23.7. The summed E-state index contributed by atoms with van der Waals surface area (Å²) in [5.74, 6) is 4.68. The van der Waals surface area contributed by atoms with E-state index in [2.05, 4.69) is 26.2 Å². The van der Waals surface area contributed by atoms with Gasteiger partial charge >= 0.3 is 0 Å². The van der Waals surface area contributed by atoms with E-state index < -0.39 is 17.5 Å². The molecule has 7 nitrogen and oxygen atoms in total. The maximum Gasteiger partial charge on any atom is 0.214 e. The van der Waals surface area contributed by atoms with Crippen molar-refractivity contribution in [2.24, 2.45) is 0 Å². The maximum atomic E-state index is 15.5. The van der Waals surface area contributed by atoms with Gasteiger partial charge in [0.15, 0.2) is 0 Å². The van der Waals surface area contributed by atoms with Crippen LogP contribution in [0.4, 0.5) is 13.2 Å². The van der Waals surface area contributed by atoms with Crippen LogP contribution in [0.5, 0.6) is 5.88 Å². The lowest BCUT2D eigenvalue weighted by Gasteiger charge is -2.27. The highest BCUT2D eigenvalue weighted by molar-refractivity contribution is 7.03. The third-order valence-electron chi connectivity index (χ3n) is 7.45. The Bertz CT molecular complexity index is 2070. The minimum atomic E-state index is -0.635. The van der Waals surface area contributed by atoms with E-state index in [0.717, 1.165) is 35.7 Å². The summed E-state index contributed by atoms with van der Waals surface area (Å²) < 4.78 is 62.9. The van der Waals surface area contributed by atoms with Crippen LogP contribution in [0, 0.1) is 29.3 Å². The summed E-state index contributed by atoms with van der Waals surface area (Å²) in [7, 11) is 0. The molecule has 1 fully saturated rings. The van der Waals surface area contributed by atoms with Crippen LogP contribution in [-0.4, -0.2) is 36.6 Å². The van der Waals surface area contributed by atoms with Gasteiger partial charge < -0.3 is 14.0 Å². The first kappa shape index (κ1) is 28.7. The molecule has 1 aliphatic rings. The Labute approximate surface area is 260 Å². The second-order valence-corrected chi connectivity index (χ2v) is 11.1. The predicted octanol–water partition coefficient (Wildman–Crippen LogP) is 6.73. The molecule has 0 spiro atoms. The SMILES string of the molecule is Fc1cc(-c2cccc(OCc3ncc(C#Cc4cnsc4)cc3F)n2)c(F)cc1Cc1nc2ccccc2n1C[C@@H]1CCO1. The first-order valence-corrected chi connectivity index (χ1v) is 15.0. The number of para-hydroxylation sites is 2. The molecular formula is C34H24F3N5O2S. The minimum Gasteiger partial charge on any atom is -0.471 e. The van der Waals surface area contributed by atoms with Crippen LogP contribution < -0.4 is 4.74 Å². The smallest absolute Gasteiger partial charge is 0.214 e. The van der Waals surface area contributed by atoms with Crippen molar-refractivity contribution in [3.05, 3.63) is 124 Å². The molecule has 1 aliphatic heterocycles. The normalized spacial score (nSPS) is 14.2. The number of nitrogens with zero attached hydrogens (tertiary/aromatic N) is 5. The first-order valence-electron chi connectivity index (χ1n) is 14.2. The number of halogens is 3. The Morgan fingerprint density at radius 3 is 2.60 bits per heavy atom.